The summed E-state index contributed by atoms with van der Waals surface area (Å²) in [7, 11) is 1.80. The van der Waals surface area contributed by atoms with Gasteiger partial charge in [0, 0.05) is 26.3 Å². The molecule has 0 saturated heterocycles. The Bertz CT molecular complexity index is 1040. The lowest BCUT2D eigenvalue weighted by Gasteiger charge is -2.29. The maximum absolute atomic E-state index is 13.1. The number of hydrazone groups is 1. The van der Waals surface area contributed by atoms with E-state index >= 15 is 0 Å². The molecule has 1 aliphatic rings. The third kappa shape index (κ3) is 4.94. The van der Waals surface area contributed by atoms with Crippen molar-refractivity contribution < 1.29 is 9.59 Å². The first-order chi connectivity index (χ1) is 15.6. The number of carbonyl (C=O) groups excluding carboxylic acids is 2. The van der Waals surface area contributed by atoms with Gasteiger partial charge in [0.25, 0.3) is 0 Å². The highest BCUT2D eigenvalue weighted by atomic mass is 16.2. The summed E-state index contributed by atoms with van der Waals surface area (Å²) in [6.45, 7) is 0.559. The van der Waals surface area contributed by atoms with Crippen LogP contribution >= 0.6 is 0 Å². The fourth-order valence-electron chi connectivity index (χ4n) is 4.04. The summed E-state index contributed by atoms with van der Waals surface area (Å²) in [4.78, 5) is 27.5. The van der Waals surface area contributed by atoms with Gasteiger partial charge in [-0.2, -0.15) is 5.10 Å². The molecule has 5 heteroatoms. The highest BCUT2D eigenvalue weighted by Gasteiger charge is 2.26. The van der Waals surface area contributed by atoms with Crippen molar-refractivity contribution in [1.29, 1.82) is 0 Å². The number of hydrogen-bond donors (Lipinski definition) is 0. The average molecular weight is 426 g/mol. The maximum atomic E-state index is 13.1. The zero-order valence-electron chi connectivity index (χ0n) is 18.2. The van der Waals surface area contributed by atoms with E-state index in [4.69, 9.17) is 0 Å². The molecule has 0 spiro atoms. The smallest absolute Gasteiger partial charge is 0.243 e. The lowest BCUT2D eigenvalue weighted by atomic mass is 9.97. The van der Waals surface area contributed by atoms with E-state index in [1.807, 2.05) is 91.0 Å². The molecule has 0 aromatic heterocycles. The fourth-order valence-corrected chi connectivity index (χ4v) is 4.04. The van der Waals surface area contributed by atoms with Crippen LogP contribution in [0.2, 0.25) is 0 Å². The molecule has 0 N–H and O–H groups in total. The summed E-state index contributed by atoms with van der Waals surface area (Å²) in [5.74, 6) is -0.184. The van der Waals surface area contributed by atoms with E-state index in [9.17, 15) is 9.59 Å². The molecule has 0 aliphatic carbocycles. The molecule has 4 rings (SSSR count). The first kappa shape index (κ1) is 21.5. The molecule has 2 amide bonds. The van der Waals surface area contributed by atoms with Gasteiger partial charge in [0.1, 0.15) is 0 Å². The van der Waals surface area contributed by atoms with Gasteiger partial charge >= 0.3 is 0 Å². The molecule has 32 heavy (non-hydrogen) atoms. The highest BCUT2D eigenvalue weighted by Crippen LogP contribution is 2.28. The van der Waals surface area contributed by atoms with Crippen molar-refractivity contribution in [2.45, 2.75) is 25.3 Å². The van der Waals surface area contributed by atoms with E-state index < -0.39 is 0 Å². The molecule has 3 aromatic carbocycles. The van der Waals surface area contributed by atoms with E-state index in [-0.39, 0.29) is 30.7 Å². The largest absolute Gasteiger partial charge is 0.335 e. The minimum absolute atomic E-state index is 0.0671. The molecule has 0 atom stereocenters. The Morgan fingerprint density at radius 2 is 1.38 bits per heavy atom. The van der Waals surface area contributed by atoms with Crippen LogP contribution in [0.5, 0.6) is 0 Å². The lowest BCUT2D eigenvalue weighted by molar-refractivity contribution is -0.137. The zero-order chi connectivity index (χ0) is 22.3. The SMILES string of the molecule is CN(C(=O)CCC(=O)N1CCC(c2ccccc2)=N1)C(c1ccccc1)c1ccccc1. The van der Waals surface area contributed by atoms with E-state index in [2.05, 4.69) is 5.10 Å². The second-order valence-corrected chi connectivity index (χ2v) is 7.91. The van der Waals surface area contributed by atoms with Crippen LogP contribution in [0.3, 0.4) is 0 Å². The van der Waals surface area contributed by atoms with Gasteiger partial charge in [-0.3, -0.25) is 9.59 Å². The molecule has 1 aliphatic heterocycles. The van der Waals surface area contributed by atoms with Gasteiger partial charge in [0.05, 0.1) is 18.3 Å². The standard InChI is InChI=1S/C27H27N3O2/c1-29(27(22-13-7-3-8-14-22)23-15-9-4-10-16-23)25(31)17-18-26(32)30-20-19-24(28-30)21-11-5-2-6-12-21/h2-16,27H,17-20H2,1H3. The minimum Gasteiger partial charge on any atom is -0.335 e. The summed E-state index contributed by atoms with van der Waals surface area (Å²) in [6.07, 6.45) is 1.02. The Morgan fingerprint density at radius 1 is 0.844 bits per heavy atom. The zero-order valence-corrected chi connectivity index (χ0v) is 18.2. The fraction of sp³-hybridized carbons (Fsp3) is 0.222. The van der Waals surface area contributed by atoms with Crippen LogP contribution in [0.15, 0.2) is 96.1 Å². The third-order valence-electron chi connectivity index (χ3n) is 5.76. The number of rotatable bonds is 7. The molecule has 0 radical (unpaired) electrons. The van der Waals surface area contributed by atoms with Gasteiger partial charge in [-0.15, -0.1) is 0 Å². The second-order valence-electron chi connectivity index (χ2n) is 7.91. The first-order valence-corrected chi connectivity index (χ1v) is 10.9. The Morgan fingerprint density at radius 3 is 1.94 bits per heavy atom. The summed E-state index contributed by atoms with van der Waals surface area (Å²) in [5, 5.41) is 5.99. The van der Waals surface area contributed by atoms with Gasteiger partial charge in [0.15, 0.2) is 0 Å². The topological polar surface area (TPSA) is 53.0 Å². The number of nitrogens with zero attached hydrogens (tertiary/aromatic N) is 3. The minimum atomic E-state index is -0.200. The molecule has 0 unspecified atom stereocenters. The van der Waals surface area contributed by atoms with Crippen molar-refractivity contribution >= 4 is 17.5 Å². The molecule has 162 valence electrons. The van der Waals surface area contributed by atoms with E-state index in [0.717, 1.165) is 28.8 Å². The second kappa shape index (κ2) is 10.1. The molecular weight excluding hydrogens is 398 g/mol. The van der Waals surface area contributed by atoms with Crippen LogP contribution in [-0.2, 0) is 9.59 Å². The van der Waals surface area contributed by atoms with Crippen LogP contribution < -0.4 is 0 Å². The van der Waals surface area contributed by atoms with E-state index in [1.165, 1.54) is 5.01 Å². The Labute approximate surface area is 189 Å². The van der Waals surface area contributed by atoms with E-state index in [0.29, 0.717) is 6.54 Å². The number of amides is 2. The third-order valence-corrected chi connectivity index (χ3v) is 5.76. The predicted molar refractivity (Wildman–Crippen MR) is 126 cm³/mol. The monoisotopic (exact) mass is 425 g/mol. The number of hydrogen-bond acceptors (Lipinski definition) is 3. The van der Waals surface area contributed by atoms with Crippen molar-refractivity contribution in [1.82, 2.24) is 9.91 Å². The first-order valence-electron chi connectivity index (χ1n) is 10.9. The maximum Gasteiger partial charge on any atom is 0.243 e. The quantitative estimate of drug-likeness (QED) is 0.553. The molecule has 3 aromatic rings. The number of carbonyl (C=O) groups is 2. The summed E-state index contributed by atoms with van der Waals surface area (Å²) in [5.41, 5.74) is 4.03. The van der Waals surface area contributed by atoms with Crippen molar-refractivity contribution in [3.8, 4) is 0 Å². The molecule has 5 nitrogen and oxygen atoms in total. The Hall–Kier alpha value is -3.73. The van der Waals surface area contributed by atoms with E-state index in [1.54, 1.807) is 11.9 Å². The average Bonchev–Trinajstić information content (AvgIpc) is 3.35. The van der Waals surface area contributed by atoms with Gasteiger partial charge in [-0.1, -0.05) is 91.0 Å². The van der Waals surface area contributed by atoms with Crippen LogP contribution in [0.25, 0.3) is 0 Å². The van der Waals surface area contributed by atoms with Gasteiger partial charge in [-0.05, 0) is 16.7 Å². The summed E-state index contributed by atoms with van der Waals surface area (Å²) < 4.78 is 0. The Kier molecular flexibility index (Phi) is 6.75. The molecule has 0 fully saturated rings. The number of benzene rings is 3. The van der Waals surface area contributed by atoms with Crippen LogP contribution in [-0.4, -0.2) is 41.0 Å². The molecule has 0 bridgehead atoms. The van der Waals surface area contributed by atoms with Crippen molar-refractivity contribution in [3.05, 3.63) is 108 Å². The molecule has 0 saturated carbocycles. The van der Waals surface area contributed by atoms with Crippen LogP contribution in [0.4, 0.5) is 0 Å². The normalized spacial score (nSPS) is 13.2. The lowest BCUT2D eigenvalue weighted by Crippen LogP contribution is -2.33. The Balaban J connectivity index is 1.41. The predicted octanol–water partition coefficient (Wildman–Crippen LogP) is 4.65. The van der Waals surface area contributed by atoms with Gasteiger partial charge in [0.2, 0.25) is 11.8 Å². The van der Waals surface area contributed by atoms with Crippen molar-refractivity contribution in [2.75, 3.05) is 13.6 Å². The highest BCUT2D eigenvalue weighted by molar-refractivity contribution is 6.02. The van der Waals surface area contributed by atoms with Crippen molar-refractivity contribution in [3.63, 3.8) is 0 Å². The van der Waals surface area contributed by atoms with Crippen LogP contribution in [0, 0.1) is 0 Å². The summed E-state index contributed by atoms with van der Waals surface area (Å²) in [6, 6.07) is 29.6. The summed E-state index contributed by atoms with van der Waals surface area (Å²) >= 11 is 0. The van der Waals surface area contributed by atoms with Crippen LogP contribution in [0.1, 0.15) is 42.0 Å². The van der Waals surface area contributed by atoms with Gasteiger partial charge in [-0.25, -0.2) is 5.01 Å². The molecular formula is C27H27N3O2. The molecule has 1 heterocycles. The van der Waals surface area contributed by atoms with Gasteiger partial charge < -0.3 is 4.90 Å². The van der Waals surface area contributed by atoms with Crippen molar-refractivity contribution in [2.24, 2.45) is 5.10 Å².